The Morgan fingerprint density at radius 3 is 3.04 bits per heavy atom. The van der Waals surface area contributed by atoms with Crippen molar-refractivity contribution in [1.29, 1.82) is 0 Å². The Kier molecular flexibility index (Phi) is 3.78. The highest BCUT2D eigenvalue weighted by Gasteiger charge is 2.45. The molecule has 1 aromatic carbocycles. The topological polar surface area (TPSA) is 52.0 Å². The zero-order chi connectivity index (χ0) is 16.0. The minimum absolute atomic E-state index is 0.169. The van der Waals surface area contributed by atoms with E-state index in [0.717, 1.165) is 36.0 Å². The molecule has 0 bridgehead atoms. The van der Waals surface area contributed by atoms with Crippen molar-refractivity contribution in [3.05, 3.63) is 45.7 Å². The number of rotatable bonds is 1. The molecule has 6 heteroatoms. The SMILES string of the molecule is C[C@H]1CC2(C[C@@H](c3cn(C)nn3)N1)OCCc1cc(Br)ccc12. The van der Waals surface area contributed by atoms with Gasteiger partial charge in [0, 0.05) is 30.2 Å². The summed E-state index contributed by atoms with van der Waals surface area (Å²) in [7, 11) is 1.91. The molecule has 1 aromatic heterocycles. The number of ether oxygens (including phenoxy) is 1. The smallest absolute Gasteiger partial charge is 0.0997 e. The van der Waals surface area contributed by atoms with Gasteiger partial charge in [-0.25, -0.2) is 0 Å². The predicted octanol–water partition coefficient (Wildman–Crippen LogP) is 2.86. The average Bonchev–Trinajstić information content (AvgIpc) is 2.93. The van der Waals surface area contributed by atoms with Crippen LogP contribution < -0.4 is 5.32 Å². The number of piperidine rings is 1. The van der Waals surface area contributed by atoms with Gasteiger partial charge in [-0.2, -0.15) is 0 Å². The van der Waals surface area contributed by atoms with Gasteiger partial charge in [-0.1, -0.05) is 27.2 Å². The lowest BCUT2D eigenvalue weighted by atomic mass is 9.75. The second kappa shape index (κ2) is 5.69. The maximum Gasteiger partial charge on any atom is 0.0997 e. The molecule has 122 valence electrons. The largest absolute Gasteiger partial charge is 0.370 e. The van der Waals surface area contributed by atoms with Gasteiger partial charge >= 0.3 is 0 Å². The molecule has 2 aliphatic rings. The lowest BCUT2D eigenvalue weighted by Gasteiger charge is -2.47. The molecular formula is C17H21BrN4O. The maximum absolute atomic E-state index is 6.39. The molecular weight excluding hydrogens is 356 g/mol. The highest BCUT2D eigenvalue weighted by Crippen LogP contribution is 2.46. The van der Waals surface area contributed by atoms with E-state index in [9.17, 15) is 0 Å². The summed E-state index contributed by atoms with van der Waals surface area (Å²) in [6.07, 6.45) is 4.85. The predicted molar refractivity (Wildman–Crippen MR) is 91.1 cm³/mol. The van der Waals surface area contributed by atoms with Crippen molar-refractivity contribution in [2.75, 3.05) is 6.61 Å². The van der Waals surface area contributed by atoms with Gasteiger partial charge in [0.1, 0.15) is 0 Å². The summed E-state index contributed by atoms with van der Waals surface area (Å²) >= 11 is 3.59. The minimum atomic E-state index is -0.221. The molecule has 3 atom stereocenters. The standard InChI is InChI=1S/C17H21BrN4O/c1-11-8-17(9-15(19-11)16-10-22(2)21-20-16)14-4-3-13(18)7-12(14)5-6-23-17/h3-4,7,10-11,15,19H,5-6,8-9H2,1-2H3/t11-,15-,17?/m0/s1. The van der Waals surface area contributed by atoms with Gasteiger partial charge in [-0.15, -0.1) is 5.10 Å². The van der Waals surface area contributed by atoms with Gasteiger partial charge in [0.05, 0.1) is 23.9 Å². The molecule has 23 heavy (non-hydrogen) atoms. The minimum Gasteiger partial charge on any atom is -0.370 e. The van der Waals surface area contributed by atoms with Crippen molar-refractivity contribution in [2.45, 2.75) is 43.9 Å². The molecule has 1 saturated heterocycles. The van der Waals surface area contributed by atoms with E-state index in [1.54, 1.807) is 4.68 Å². The summed E-state index contributed by atoms with van der Waals surface area (Å²) in [5.41, 5.74) is 3.51. The summed E-state index contributed by atoms with van der Waals surface area (Å²) in [5.74, 6) is 0. The Balaban J connectivity index is 1.73. The number of aromatic nitrogens is 3. The van der Waals surface area contributed by atoms with E-state index in [0.29, 0.717) is 6.04 Å². The zero-order valence-corrected chi connectivity index (χ0v) is 15.0. The van der Waals surface area contributed by atoms with Gasteiger partial charge in [0.15, 0.2) is 0 Å². The van der Waals surface area contributed by atoms with E-state index >= 15 is 0 Å². The summed E-state index contributed by atoms with van der Waals surface area (Å²) < 4.78 is 9.29. The van der Waals surface area contributed by atoms with Crippen LogP contribution in [-0.4, -0.2) is 27.6 Å². The Labute approximate surface area is 144 Å². The summed E-state index contributed by atoms with van der Waals surface area (Å²) in [4.78, 5) is 0. The Bertz CT molecular complexity index is 731. The third-order valence-corrected chi connectivity index (χ3v) is 5.43. The molecule has 0 radical (unpaired) electrons. The van der Waals surface area contributed by atoms with Crippen LogP contribution in [0.1, 0.15) is 42.6 Å². The summed E-state index contributed by atoms with van der Waals surface area (Å²) in [6.45, 7) is 3.00. The second-order valence-corrected chi connectivity index (χ2v) is 7.66. The Morgan fingerprint density at radius 2 is 2.26 bits per heavy atom. The Morgan fingerprint density at radius 1 is 1.39 bits per heavy atom. The van der Waals surface area contributed by atoms with Gasteiger partial charge in [-0.05, 0) is 43.0 Å². The van der Waals surface area contributed by atoms with Crippen molar-refractivity contribution in [3.8, 4) is 0 Å². The van der Waals surface area contributed by atoms with Crippen LogP contribution in [0.25, 0.3) is 0 Å². The van der Waals surface area contributed by atoms with E-state index in [2.05, 4.69) is 56.7 Å². The van der Waals surface area contributed by atoms with Crippen LogP contribution >= 0.6 is 15.9 Å². The first kappa shape index (κ1) is 15.3. The third-order valence-electron chi connectivity index (χ3n) is 4.94. The van der Waals surface area contributed by atoms with Gasteiger partial charge in [0.2, 0.25) is 0 Å². The van der Waals surface area contributed by atoms with Crippen LogP contribution in [0.5, 0.6) is 0 Å². The van der Waals surface area contributed by atoms with Gasteiger partial charge in [-0.3, -0.25) is 4.68 Å². The molecule has 1 unspecified atom stereocenters. The number of benzene rings is 1. The number of hydrogen-bond donors (Lipinski definition) is 1. The number of hydrogen-bond acceptors (Lipinski definition) is 4. The molecule has 4 rings (SSSR count). The molecule has 5 nitrogen and oxygen atoms in total. The van der Waals surface area contributed by atoms with Crippen molar-refractivity contribution in [2.24, 2.45) is 7.05 Å². The lowest BCUT2D eigenvalue weighted by Crippen LogP contribution is -2.50. The van der Waals surface area contributed by atoms with Crippen LogP contribution in [-0.2, 0) is 23.8 Å². The average molecular weight is 377 g/mol. The van der Waals surface area contributed by atoms with E-state index < -0.39 is 0 Å². The van der Waals surface area contributed by atoms with Crippen LogP contribution in [0.3, 0.4) is 0 Å². The summed E-state index contributed by atoms with van der Waals surface area (Å²) in [6, 6.07) is 7.13. The van der Waals surface area contributed by atoms with Crippen molar-refractivity contribution >= 4 is 15.9 Å². The number of nitrogens with zero attached hydrogens (tertiary/aromatic N) is 3. The molecule has 1 fully saturated rings. The second-order valence-electron chi connectivity index (χ2n) is 6.74. The first-order chi connectivity index (χ1) is 11.1. The highest BCUT2D eigenvalue weighted by atomic mass is 79.9. The number of nitrogens with one attached hydrogen (secondary N) is 1. The number of halogens is 1. The first-order valence-electron chi connectivity index (χ1n) is 8.11. The van der Waals surface area contributed by atoms with Crippen molar-refractivity contribution in [1.82, 2.24) is 20.3 Å². The fourth-order valence-corrected chi connectivity index (χ4v) is 4.48. The number of aryl methyl sites for hydroxylation is 1. The van der Waals surface area contributed by atoms with E-state index in [1.807, 2.05) is 13.2 Å². The Hall–Kier alpha value is -1.24. The third kappa shape index (κ3) is 2.73. The van der Waals surface area contributed by atoms with Crippen LogP contribution in [0.4, 0.5) is 0 Å². The molecule has 0 saturated carbocycles. The molecule has 0 amide bonds. The van der Waals surface area contributed by atoms with Crippen molar-refractivity contribution in [3.63, 3.8) is 0 Å². The molecule has 0 aliphatic carbocycles. The maximum atomic E-state index is 6.39. The molecule has 1 spiro atoms. The number of fused-ring (bicyclic) bond motifs is 2. The van der Waals surface area contributed by atoms with E-state index in [4.69, 9.17) is 4.74 Å². The quantitative estimate of drug-likeness (QED) is 0.831. The van der Waals surface area contributed by atoms with E-state index in [-0.39, 0.29) is 11.6 Å². The molecule has 3 heterocycles. The fourth-order valence-electron chi connectivity index (χ4n) is 4.07. The molecule has 2 aromatic rings. The highest BCUT2D eigenvalue weighted by molar-refractivity contribution is 9.10. The zero-order valence-electron chi connectivity index (χ0n) is 13.4. The monoisotopic (exact) mass is 376 g/mol. The fraction of sp³-hybridized carbons (Fsp3) is 0.529. The van der Waals surface area contributed by atoms with Crippen LogP contribution in [0.15, 0.2) is 28.9 Å². The summed E-state index contributed by atoms with van der Waals surface area (Å²) in [5, 5.41) is 12.0. The van der Waals surface area contributed by atoms with Gasteiger partial charge < -0.3 is 10.1 Å². The van der Waals surface area contributed by atoms with Crippen LogP contribution in [0.2, 0.25) is 0 Å². The molecule has 2 aliphatic heterocycles. The van der Waals surface area contributed by atoms with E-state index in [1.165, 1.54) is 11.1 Å². The molecule has 1 N–H and O–H groups in total. The lowest BCUT2D eigenvalue weighted by molar-refractivity contribution is -0.0987. The van der Waals surface area contributed by atoms with Gasteiger partial charge in [0.25, 0.3) is 0 Å². The van der Waals surface area contributed by atoms with Crippen molar-refractivity contribution < 1.29 is 4.74 Å². The van der Waals surface area contributed by atoms with Crippen LogP contribution in [0, 0.1) is 0 Å². The first-order valence-corrected chi connectivity index (χ1v) is 8.90. The normalized spacial score (nSPS) is 30.4.